The zero-order valence-corrected chi connectivity index (χ0v) is 18.9. The summed E-state index contributed by atoms with van der Waals surface area (Å²) in [4.78, 5) is 13.3. The Morgan fingerprint density at radius 1 is 0.897 bits per heavy atom. The van der Waals surface area contributed by atoms with Crippen LogP contribution in [-0.4, -0.2) is 26.1 Å². The van der Waals surface area contributed by atoms with Gasteiger partial charge in [0.05, 0.1) is 25.9 Å². The Bertz CT molecular complexity index is 823. The van der Waals surface area contributed by atoms with Crippen molar-refractivity contribution in [1.29, 1.82) is 0 Å². The standard InChI is InChI=1S/C25H36O4/c1-7-9-11-12-19-20-14-18(27-5)15-23(28-6)21(20)16-24(29-17(3)4)25(19)22(26)13-10-8-2/h14-17H,7-13H2,1-6H3. The lowest BCUT2D eigenvalue weighted by Crippen LogP contribution is -2.13. The molecule has 0 aliphatic rings. The average Bonchev–Trinajstić information content (AvgIpc) is 2.70. The van der Waals surface area contributed by atoms with Crippen molar-refractivity contribution in [3.05, 3.63) is 29.3 Å². The molecule has 0 saturated heterocycles. The molecule has 4 heteroatoms. The minimum Gasteiger partial charge on any atom is -0.497 e. The molecule has 2 rings (SSSR count). The van der Waals surface area contributed by atoms with Crippen molar-refractivity contribution in [2.45, 2.75) is 78.7 Å². The summed E-state index contributed by atoms with van der Waals surface area (Å²) >= 11 is 0. The molecule has 0 atom stereocenters. The van der Waals surface area contributed by atoms with Gasteiger partial charge >= 0.3 is 0 Å². The first-order chi connectivity index (χ1) is 14.0. The number of rotatable bonds is 12. The van der Waals surface area contributed by atoms with Crippen molar-refractivity contribution in [1.82, 2.24) is 0 Å². The molecule has 0 aromatic heterocycles. The van der Waals surface area contributed by atoms with E-state index in [0.29, 0.717) is 12.2 Å². The van der Waals surface area contributed by atoms with Crippen LogP contribution in [0.15, 0.2) is 18.2 Å². The van der Waals surface area contributed by atoms with Gasteiger partial charge in [0, 0.05) is 17.9 Å². The van der Waals surface area contributed by atoms with Crippen molar-refractivity contribution >= 4 is 16.6 Å². The van der Waals surface area contributed by atoms with Gasteiger partial charge in [-0.15, -0.1) is 0 Å². The number of fused-ring (bicyclic) bond motifs is 1. The molecule has 0 aliphatic carbocycles. The van der Waals surface area contributed by atoms with Gasteiger partial charge in [0.1, 0.15) is 17.2 Å². The highest BCUT2D eigenvalue weighted by Crippen LogP contribution is 2.40. The lowest BCUT2D eigenvalue weighted by molar-refractivity contribution is 0.0973. The number of hydrogen-bond donors (Lipinski definition) is 0. The van der Waals surface area contributed by atoms with E-state index in [0.717, 1.165) is 71.9 Å². The molecule has 0 spiro atoms. The molecular weight excluding hydrogens is 364 g/mol. The number of benzene rings is 2. The number of aryl methyl sites for hydroxylation is 1. The number of unbranched alkanes of at least 4 members (excludes halogenated alkanes) is 3. The van der Waals surface area contributed by atoms with E-state index in [-0.39, 0.29) is 11.9 Å². The largest absolute Gasteiger partial charge is 0.497 e. The molecule has 160 valence electrons. The SMILES string of the molecule is CCCCCc1c(C(=O)CCCC)c(OC(C)C)cc2c(OC)cc(OC)cc12. The molecule has 0 bridgehead atoms. The molecule has 0 saturated carbocycles. The van der Waals surface area contributed by atoms with Crippen LogP contribution in [0.1, 0.15) is 82.1 Å². The molecule has 0 aliphatic heterocycles. The summed E-state index contributed by atoms with van der Waals surface area (Å²) in [5.41, 5.74) is 1.80. The van der Waals surface area contributed by atoms with Crippen molar-refractivity contribution in [3.8, 4) is 17.2 Å². The minimum atomic E-state index is -0.0158. The molecule has 29 heavy (non-hydrogen) atoms. The third-order valence-corrected chi connectivity index (χ3v) is 5.15. The highest BCUT2D eigenvalue weighted by atomic mass is 16.5. The fraction of sp³-hybridized carbons (Fsp3) is 0.560. The summed E-state index contributed by atoms with van der Waals surface area (Å²) in [6, 6.07) is 5.88. The lowest BCUT2D eigenvalue weighted by atomic mass is 9.89. The number of carbonyl (C=O) groups excluding carboxylic acids is 1. The van der Waals surface area contributed by atoms with Crippen LogP contribution in [0.5, 0.6) is 17.2 Å². The summed E-state index contributed by atoms with van der Waals surface area (Å²) in [6.45, 7) is 8.28. The zero-order valence-electron chi connectivity index (χ0n) is 18.9. The number of carbonyl (C=O) groups is 1. The van der Waals surface area contributed by atoms with Gasteiger partial charge in [0.2, 0.25) is 0 Å². The maximum absolute atomic E-state index is 13.3. The highest BCUT2D eigenvalue weighted by Gasteiger charge is 2.23. The molecule has 2 aromatic rings. The van der Waals surface area contributed by atoms with Crippen LogP contribution in [0.25, 0.3) is 10.8 Å². The second kappa shape index (κ2) is 11.1. The fourth-order valence-corrected chi connectivity index (χ4v) is 3.70. The van der Waals surface area contributed by atoms with E-state index in [1.165, 1.54) is 0 Å². The summed E-state index contributed by atoms with van der Waals surface area (Å²) < 4.78 is 17.3. The Morgan fingerprint density at radius 2 is 1.62 bits per heavy atom. The first kappa shape index (κ1) is 23.1. The third kappa shape index (κ3) is 5.65. The van der Waals surface area contributed by atoms with Gasteiger partial charge in [-0.25, -0.2) is 0 Å². The second-order valence-electron chi connectivity index (χ2n) is 7.80. The summed E-state index contributed by atoms with van der Waals surface area (Å²) in [6.07, 6.45) is 6.52. The predicted molar refractivity (Wildman–Crippen MR) is 120 cm³/mol. The topological polar surface area (TPSA) is 44.8 Å². The number of ketones is 1. The molecular formula is C25H36O4. The van der Waals surface area contributed by atoms with Gasteiger partial charge in [-0.3, -0.25) is 4.79 Å². The van der Waals surface area contributed by atoms with Crippen LogP contribution in [0.2, 0.25) is 0 Å². The van der Waals surface area contributed by atoms with E-state index in [2.05, 4.69) is 13.8 Å². The smallest absolute Gasteiger partial charge is 0.166 e. The molecule has 0 heterocycles. The molecule has 0 fully saturated rings. The van der Waals surface area contributed by atoms with Crippen molar-refractivity contribution in [2.24, 2.45) is 0 Å². The van der Waals surface area contributed by atoms with Gasteiger partial charge in [0.15, 0.2) is 5.78 Å². The summed E-state index contributed by atoms with van der Waals surface area (Å²) in [5.74, 6) is 2.30. The van der Waals surface area contributed by atoms with Crippen molar-refractivity contribution < 1.29 is 19.0 Å². The first-order valence-corrected chi connectivity index (χ1v) is 10.9. The van der Waals surface area contributed by atoms with E-state index < -0.39 is 0 Å². The Balaban J connectivity index is 2.80. The third-order valence-electron chi connectivity index (χ3n) is 5.15. The van der Waals surface area contributed by atoms with Gasteiger partial charge in [-0.1, -0.05) is 33.1 Å². The minimum absolute atomic E-state index is 0.0158. The number of hydrogen-bond acceptors (Lipinski definition) is 4. The second-order valence-corrected chi connectivity index (χ2v) is 7.80. The summed E-state index contributed by atoms with van der Waals surface area (Å²) in [5, 5.41) is 1.98. The first-order valence-electron chi connectivity index (χ1n) is 10.9. The zero-order chi connectivity index (χ0) is 21.4. The van der Waals surface area contributed by atoms with Crippen molar-refractivity contribution in [2.75, 3.05) is 14.2 Å². The maximum atomic E-state index is 13.3. The Morgan fingerprint density at radius 3 is 2.21 bits per heavy atom. The quantitative estimate of drug-likeness (QED) is 0.292. The molecule has 0 unspecified atom stereocenters. The van der Waals surface area contributed by atoms with Crippen LogP contribution in [0.3, 0.4) is 0 Å². The van der Waals surface area contributed by atoms with E-state index in [1.54, 1.807) is 14.2 Å². The summed E-state index contributed by atoms with van der Waals surface area (Å²) in [7, 11) is 3.31. The number of methoxy groups -OCH3 is 2. The number of ether oxygens (including phenoxy) is 3. The number of Topliss-reactive ketones (excluding diaryl/α,β-unsaturated/α-hetero) is 1. The van der Waals surface area contributed by atoms with Crippen LogP contribution >= 0.6 is 0 Å². The Hall–Kier alpha value is -2.23. The van der Waals surface area contributed by atoms with Gasteiger partial charge < -0.3 is 14.2 Å². The van der Waals surface area contributed by atoms with Gasteiger partial charge in [0.25, 0.3) is 0 Å². The lowest BCUT2D eigenvalue weighted by Gasteiger charge is -2.21. The Kier molecular flexibility index (Phi) is 8.81. The van der Waals surface area contributed by atoms with E-state index in [4.69, 9.17) is 14.2 Å². The van der Waals surface area contributed by atoms with Crippen LogP contribution in [-0.2, 0) is 6.42 Å². The van der Waals surface area contributed by atoms with E-state index >= 15 is 0 Å². The normalized spacial score (nSPS) is 11.1. The molecule has 4 nitrogen and oxygen atoms in total. The van der Waals surface area contributed by atoms with Crippen LogP contribution < -0.4 is 14.2 Å². The molecule has 2 aromatic carbocycles. The average molecular weight is 401 g/mol. The van der Waals surface area contributed by atoms with E-state index in [1.807, 2.05) is 32.0 Å². The maximum Gasteiger partial charge on any atom is 0.166 e. The molecule has 0 amide bonds. The highest BCUT2D eigenvalue weighted by molar-refractivity contribution is 6.07. The molecule has 0 radical (unpaired) electrons. The van der Waals surface area contributed by atoms with Crippen molar-refractivity contribution in [3.63, 3.8) is 0 Å². The molecule has 0 N–H and O–H groups in total. The van der Waals surface area contributed by atoms with Gasteiger partial charge in [-0.2, -0.15) is 0 Å². The monoisotopic (exact) mass is 400 g/mol. The predicted octanol–water partition coefficient (Wildman–Crippen LogP) is 6.75. The van der Waals surface area contributed by atoms with Gasteiger partial charge in [-0.05, 0) is 56.2 Å². The van der Waals surface area contributed by atoms with Crippen LogP contribution in [0, 0.1) is 0 Å². The Labute approximate surface area is 175 Å². The fourth-order valence-electron chi connectivity index (χ4n) is 3.70. The van der Waals surface area contributed by atoms with E-state index in [9.17, 15) is 4.79 Å². The van der Waals surface area contributed by atoms with Crippen LogP contribution in [0.4, 0.5) is 0 Å².